The van der Waals surface area contributed by atoms with E-state index in [0.717, 1.165) is 0 Å². The van der Waals surface area contributed by atoms with Crippen molar-refractivity contribution in [2.45, 2.75) is 6.54 Å². The molecule has 4 rings (SSSR count). The van der Waals surface area contributed by atoms with Gasteiger partial charge in [0.05, 0.1) is 12.1 Å². The molecule has 4 aromatic rings. The minimum absolute atomic E-state index is 0.0395. The van der Waals surface area contributed by atoms with E-state index in [9.17, 15) is 14.0 Å². The first kappa shape index (κ1) is 19.7. The lowest BCUT2D eigenvalue weighted by Crippen LogP contribution is -2.31. The highest BCUT2D eigenvalue weighted by Gasteiger charge is 2.20. The third-order valence-corrected chi connectivity index (χ3v) is 4.98. The highest BCUT2D eigenvalue weighted by Crippen LogP contribution is 2.26. The van der Waals surface area contributed by atoms with Gasteiger partial charge in [0.1, 0.15) is 5.82 Å². The molecule has 150 valence electrons. The maximum Gasteiger partial charge on any atom is 0.258 e. The molecule has 5 nitrogen and oxygen atoms in total. The van der Waals surface area contributed by atoms with Crippen LogP contribution in [0.4, 0.5) is 15.8 Å². The molecule has 30 heavy (non-hydrogen) atoms. The van der Waals surface area contributed by atoms with Gasteiger partial charge in [-0.25, -0.2) is 4.39 Å². The number of nitrogens with two attached hydrogens (primary N) is 1. The molecule has 0 saturated heterocycles. The van der Waals surface area contributed by atoms with E-state index in [2.05, 4.69) is 4.98 Å². The van der Waals surface area contributed by atoms with Crippen LogP contribution in [0.5, 0.6) is 0 Å². The summed E-state index contributed by atoms with van der Waals surface area (Å²) in [5.41, 5.74) is 7.37. The Hall–Kier alpha value is -3.64. The highest BCUT2D eigenvalue weighted by atomic mass is 35.5. The smallest absolute Gasteiger partial charge is 0.258 e. The predicted molar refractivity (Wildman–Crippen MR) is 117 cm³/mol. The number of halogens is 2. The number of aromatic amines is 1. The normalized spacial score (nSPS) is 10.9. The number of rotatable bonds is 4. The first-order valence-corrected chi connectivity index (χ1v) is 9.53. The van der Waals surface area contributed by atoms with Crippen LogP contribution in [0, 0.1) is 5.82 Å². The van der Waals surface area contributed by atoms with Gasteiger partial charge in [0, 0.05) is 33.4 Å². The van der Waals surface area contributed by atoms with Crippen molar-refractivity contribution in [2.75, 3.05) is 10.6 Å². The van der Waals surface area contributed by atoms with Crippen LogP contribution >= 0.6 is 11.6 Å². The monoisotopic (exact) mass is 421 g/mol. The van der Waals surface area contributed by atoms with Gasteiger partial charge in [-0.05, 0) is 48.0 Å². The maximum atomic E-state index is 14.2. The lowest BCUT2D eigenvalue weighted by atomic mass is 10.1. The number of nitrogens with zero attached hydrogens (tertiary/aromatic N) is 1. The molecule has 0 spiro atoms. The zero-order valence-corrected chi connectivity index (χ0v) is 16.5. The topological polar surface area (TPSA) is 79.2 Å². The van der Waals surface area contributed by atoms with E-state index in [1.807, 2.05) is 0 Å². The van der Waals surface area contributed by atoms with Crippen LogP contribution in [0.1, 0.15) is 15.9 Å². The largest absolute Gasteiger partial charge is 0.399 e. The molecule has 3 N–H and O–H groups in total. The highest BCUT2D eigenvalue weighted by molar-refractivity contribution is 6.31. The molecular weight excluding hydrogens is 405 g/mol. The minimum Gasteiger partial charge on any atom is -0.399 e. The number of aromatic nitrogens is 1. The average Bonchev–Trinajstić information content (AvgIpc) is 2.72. The zero-order valence-electron chi connectivity index (χ0n) is 15.7. The van der Waals surface area contributed by atoms with Gasteiger partial charge in [-0.3, -0.25) is 9.59 Å². The van der Waals surface area contributed by atoms with Crippen molar-refractivity contribution in [3.05, 3.63) is 105 Å². The van der Waals surface area contributed by atoms with Crippen molar-refractivity contribution in [1.82, 2.24) is 4.98 Å². The van der Waals surface area contributed by atoms with E-state index in [1.54, 1.807) is 60.7 Å². The Balaban J connectivity index is 1.85. The molecule has 1 heterocycles. The van der Waals surface area contributed by atoms with Crippen molar-refractivity contribution in [3.63, 3.8) is 0 Å². The number of para-hydroxylation sites is 1. The summed E-state index contributed by atoms with van der Waals surface area (Å²) >= 11 is 6.15. The Morgan fingerprint density at radius 3 is 2.57 bits per heavy atom. The number of fused-ring (bicyclic) bond motifs is 1. The van der Waals surface area contributed by atoms with Crippen LogP contribution in [0.15, 0.2) is 77.6 Å². The standard InChI is InChI=1S/C23H17ClFN3O2/c24-16-5-2-7-18(12-16)28(23(30)14-4-1-6-17(26)10-14)13-15-11-21(29)27-22-19(15)8-3-9-20(22)25/h1-12H,13,26H2,(H,27,29). The summed E-state index contributed by atoms with van der Waals surface area (Å²) < 4.78 is 14.2. The second-order valence-corrected chi connectivity index (χ2v) is 7.25. The molecule has 0 aliphatic rings. The third kappa shape index (κ3) is 3.90. The van der Waals surface area contributed by atoms with Gasteiger partial charge in [0.2, 0.25) is 5.56 Å². The zero-order chi connectivity index (χ0) is 21.3. The fraction of sp³-hybridized carbons (Fsp3) is 0.0435. The number of anilines is 2. The number of hydrogen-bond acceptors (Lipinski definition) is 3. The number of amides is 1. The van der Waals surface area contributed by atoms with Gasteiger partial charge in [-0.15, -0.1) is 0 Å². The van der Waals surface area contributed by atoms with Gasteiger partial charge >= 0.3 is 0 Å². The van der Waals surface area contributed by atoms with E-state index < -0.39 is 11.4 Å². The molecular formula is C23H17ClFN3O2. The van der Waals surface area contributed by atoms with Gasteiger partial charge in [-0.2, -0.15) is 0 Å². The van der Waals surface area contributed by atoms with Crippen LogP contribution in [0.3, 0.4) is 0 Å². The molecule has 0 unspecified atom stereocenters. The number of nitrogens with one attached hydrogen (secondary N) is 1. The lowest BCUT2D eigenvalue weighted by molar-refractivity contribution is 0.0985. The molecule has 1 aromatic heterocycles. The van der Waals surface area contributed by atoms with Crippen LogP contribution < -0.4 is 16.2 Å². The lowest BCUT2D eigenvalue weighted by Gasteiger charge is -2.24. The number of carbonyl (C=O) groups excluding carboxylic acids is 1. The predicted octanol–water partition coefficient (Wildman–Crippen LogP) is 4.75. The SMILES string of the molecule is Nc1cccc(C(=O)N(Cc2cc(=O)[nH]c3c(F)cccc23)c2cccc(Cl)c2)c1. The van der Waals surface area contributed by atoms with Crippen LogP contribution in [-0.4, -0.2) is 10.9 Å². The summed E-state index contributed by atoms with van der Waals surface area (Å²) in [6.45, 7) is 0.0395. The van der Waals surface area contributed by atoms with Crippen LogP contribution in [0.25, 0.3) is 10.9 Å². The second-order valence-electron chi connectivity index (χ2n) is 6.82. The number of H-pyrrole nitrogens is 1. The van der Waals surface area contributed by atoms with Crippen LogP contribution in [-0.2, 0) is 6.54 Å². The van der Waals surface area contributed by atoms with E-state index in [0.29, 0.717) is 32.9 Å². The summed E-state index contributed by atoms with van der Waals surface area (Å²) in [7, 11) is 0. The summed E-state index contributed by atoms with van der Waals surface area (Å²) in [6.07, 6.45) is 0. The summed E-state index contributed by atoms with van der Waals surface area (Å²) in [4.78, 5) is 29.5. The van der Waals surface area contributed by atoms with Crippen LogP contribution in [0.2, 0.25) is 5.02 Å². The van der Waals surface area contributed by atoms with E-state index in [-0.39, 0.29) is 18.0 Å². The summed E-state index contributed by atoms with van der Waals surface area (Å²) in [6, 6.07) is 19.3. The Labute approximate surface area is 176 Å². The quantitative estimate of drug-likeness (QED) is 0.467. The molecule has 0 atom stereocenters. The second kappa shape index (κ2) is 8.00. The summed E-state index contributed by atoms with van der Waals surface area (Å²) in [5, 5.41) is 0.974. The van der Waals surface area contributed by atoms with E-state index in [1.165, 1.54) is 17.0 Å². The first-order chi connectivity index (χ1) is 14.4. The number of benzene rings is 3. The summed E-state index contributed by atoms with van der Waals surface area (Å²) in [5.74, 6) is -0.864. The Kier molecular flexibility index (Phi) is 5.25. The van der Waals surface area contributed by atoms with Gasteiger partial charge in [-0.1, -0.05) is 35.9 Å². The fourth-order valence-corrected chi connectivity index (χ4v) is 3.55. The van der Waals surface area contributed by atoms with Crippen molar-refractivity contribution in [2.24, 2.45) is 0 Å². The first-order valence-electron chi connectivity index (χ1n) is 9.16. The van der Waals surface area contributed by atoms with Crippen molar-refractivity contribution in [1.29, 1.82) is 0 Å². The Morgan fingerprint density at radius 2 is 1.80 bits per heavy atom. The molecule has 0 bridgehead atoms. The molecule has 1 amide bonds. The average molecular weight is 422 g/mol. The minimum atomic E-state index is -0.539. The van der Waals surface area contributed by atoms with Gasteiger partial charge < -0.3 is 15.6 Å². The van der Waals surface area contributed by atoms with E-state index in [4.69, 9.17) is 17.3 Å². The molecule has 0 saturated carbocycles. The number of hydrogen-bond donors (Lipinski definition) is 2. The fourth-order valence-electron chi connectivity index (χ4n) is 3.37. The van der Waals surface area contributed by atoms with Crippen molar-refractivity contribution < 1.29 is 9.18 Å². The Bertz CT molecular complexity index is 1320. The Morgan fingerprint density at radius 1 is 1.03 bits per heavy atom. The molecule has 0 aliphatic heterocycles. The molecule has 0 fully saturated rings. The molecule has 0 aliphatic carbocycles. The van der Waals surface area contributed by atoms with Gasteiger partial charge in [0.15, 0.2) is 0 Å². The van der Waals surface area contributed by atoms with Crippen molar-refractivity contribution >= 4 is 39.8 Å². The van der Waals surface area contributed by atoms with Gasteiger partial charge in [0.25, 0.3) is 5.91 Å². The third-order valence-electron chi connectivity index (χ3n) is 4.74. The van der Waals surface area contributed by atoms with E-state index >= 15 is 0 Å². The molecule has 3 aromatic carbocycles. The molecule has 7 heteroatoms. The molecule has 0 radical (unpaired) electrons. The maximum absolute atomic E-state index is 14.2. The number of pyridine rings is 1. The number of nitrogen functional groups attached to an aromatic ring is 1. The number of carbonyl (C=O) groups is 1. The van der Waals surface area contributed by atoms with Crippen molar-refractivity contribution in [3.8, 4) is 0 Å².